The molecule has 72 valence electrons. The van der Waals surface area contributed by atoms with Crippen molar-refractivity contribution < 1.29 is 15.0 Å². The fraction of sp³-hybridized carbons (Fsp3) is 0.556. The third kappa shape index (κ3) is 2.23. The summed E-state index contributed by atoms with van der Waals surface area (Å²) >= 11 is 0. The van der Waals surface area contributed by atoms with Crippen LogP contribution in [-0.4, -0.2) is 34.4 Å². The first-order valence-electron chi connectivity index (χ1n) is 4.23. The maximum Gasteiger partial charge on any atom is 0.194 e. The Hall–Kier alpha value is -1.00. The number of aliphatic imine (C=N–C) groups is 1. The molecule has 0 bridgehead atoms. The summed E-state index contributed by atoms with van der Waals surface area (Å²) in [5.41, 5.74) is 0.921. The van der Waals surface area contributed by atoms with Crippen molar-refractivity contribution in [2.75, 3.05) is 6.61 Å². The van der Waals surface area contributed by atoms with Crippen molar-refractivity contribution in [1.29, 1.82) is 0 Å². The lowest BCUT2D eigenvalue weighted by Gasteiger charge is -2.15. The Labute approximate surface area is 76.6 Å². The summed E-state index contributed by atoms with van der Waals surface area (Å²) in [6.07, 6.45) is 1.39. The predicted molar refractivity (Wildman–Crippen MR) is 48.5 cm³/mol. The summed E-state index contributed by atoms with van der Waals surface area (Å²) in [4.78, 5) is 15.3. The molecule has 0 saturated heterocycles. The van der Waals surface area contributed by atoms with E-state index in [4.69, 9.17) is 5.11 Å². The Morgan fingerprint density at radius 2 is 2.31 bits per heavy atom. The molecule has 4 heteroatoms. The molecule has 13 heavy (non-hydrogen) atoms. The monoisotopic (exact) mass is 183 g/mol. The van der Waals surface area contributed by atoms with Crippen molar-refractivity contribution in [2.24, 2.45) is 4.99 Å². The SMILES string of the molecule is CC1=NC=C(CCCO)C(=O)C1O. The second kappa shape index (κ2) is 4.30. The van der Waals surface area contributed by atoms with Gasteiger partial charge in [0.25, 0.3) is 0 Å². The summed E-state index contributed by atoms with van der Waals surface area (Å²) in [7, 11) is 0. The van der Waals surface area contributed by atoms with Gasteiger partial charge in [0.05, 0.1) is 5.71 Å². The smallest absolute Gasteiger partial charge is 0.194 e. The van der Waals surface area contributed by atoms with Crippen molar-refractivity contribution in [3.8, 4) is 0 Å². The fourth-order valence-corrected chi connectivity index (χ4v) is 1.14. The third-order valence-electron chi connectivity index (χ3n) is 1.99. The molecule has 1 atom stereocenters. The van der Waals surface area contributed by atoms with Crippen LogP contribution in [0.15, 0.2) is 16.8 Å². The van der Waals surface area contributed by atoms with Gasteiger partial charge in [-0.25, -0.2) is 0 Å². The van der Waals surface area contributed by atoms with E-state index < -0.39 is 6.10 Å². The van der Waals surface area contributed by atoms with Gasteiger partial charge in [0, 0.05) is 18.4 Å². The molecule has 0 spiro atoms. The molecule has 0 radical (unpaired) electrons. The summed E-state index contributed by atoms with van der Waals surface area (Å²) in [5.74, 6) is -0.291. The largest absolute Gasteiger partial charge is 0.396 e. The van der Waals surface area contributed by atoms with Crippen molar-refractivity contribution >= 4 is 11.5 Å². The van der Waals surface area contributed by atoms with Crippen molar-refractivity contribution in [3.05, 3.63) is 11.8 Å². The first-order chi connectivity index (χ1) is 6.16. The van der Waals surface area contributed by atoms with Crippen LogP contribution in [0.1, 0.15) is 19.8 Å². The quantitative estimate of drug-likeness (QED) is 0.649. The molecule has 0 aromatic heterocycles. The highest BCUT2D eigenvalue weighted by molar-refractivity contribution is 6.15. The maximum absolute atomic E-state index is 11.4. The number of aliphatic hydroxyl groups excluding tert-OH is 2. The molecule has 0 fully saturated rings. The van der Waals surface area contributed by atoms with Gasteiger partial charge in [0.1, 0.15) is 0 Å². The zero-order chi connectivity index (χ0) is 9.84. The Kier molecular flexibility index (Phi) is 3.33. The van der Waals surface area contributed by atoms with Crippen LogP contribution in [0.3, 0.4) is 0 Å². The summed E-state index contributed by atoms with van der Waals surface area (Å²) < 4.78 is 0. The highest BCUT2D eigenvalue weighted by Gasteiger charge is 2.24. The summed E-state index contributed by atoms with van der Waals surface area (Å²) in [6.45, 7) is 1.66. The molecule has 1 unspecified atom stereocenters. The minimum absolute atomic E-state index is 0.0451. The zero-order valence-corrected chi connectivity index (χ0v) is 7.53. The van der Waals surface area contributed by atoms with Crippen LogP contribution >= 0.6 is 0 Å². The number of rotatable bonds is 3. The average Bonchev–Trinajstić information content (AvgIpc) is 2.13. The lowest BCUT2D eigenvalue weighted by atomic mass is 9.98. The van der Waals surface area contributed by atoms with Gasteiger partial charge in [-0.3, -0.25) is 9.79 Å². The lowest BCUT2D eigenvalue weighted by Crippen LogP contribution is -2.31. The first kappa shape index (κ1) is 10.1. The standard InChI is InChI=1S/C9H13NO3/c1-6-8(12)9(13)7(5-10-6)3-2-4-11/h5,8,11-12H,2-4H2,1H3. The van der Waals surface area contributed by atoms with Crippen LogP contribution < -0.4 is 0 Å². The summed E-state index contributed by atoms with van der Waals surface area (Å²) in [5, 5.41) is 17.9. The molecular weight excluding hydrogens is 170 g/mol. The van der Waals surface area contributed by atoms with E-state index in [0.29, 0.717) is 24.1 Å². The average molecular weight is 183 g/mol. The number of carbonyl (C=O) groups is 1. The number of nitrogens with zero attached hydrogens (tertiary/aromatic N) is 1. The highest BCUT2D eigenvalue weighted by atomic mass is 16.3. The molecule has 1 heterocycles. The van der Waals surface area contributed by atoms with E-state index >= 15 is 0 Å². The molecule has 1 aliphatic rings. The van der Waals surface area contributed by atoms with Crippen molar-refractivity contribution in [3.63, 3.8) is 0 Å². The van der Waals surface area contributed by atoms with E-state index in [-0.39, 0.29) is 12.4 Å². The van der Waals surface area contributed by atoms with Gasteiger partial charge in [-0.15, -0.1) is 0 Å². The Morgan fingerprint density at radius 3 is 2.92 bits per heavy atom. The van der Waals surface area contributed by atoms with Crippen LogP contribution in [0.2, 0.25) is 0 Å². The van der Waals surface area contributed by atoms with E-state index in [9.17, 15) is 9.90 Å². The molecular formula is C9H13NO3. The van der Waals surface area contributed by atoms with Gasteiger partial charge in [-0.05, 0) is 19.8 Å². The first-order valence-corrected chi connectivity index (χ1v) is 4.23. The number of aliphatic hydroxyl groups is 2. The van der Waals surface area contributed by atoms with Crippen LogP contribution in [0.5, 0.6) is 0 Å². The molecule has 1 rings (SSSR count). The number of Topliss-reactive ketones (excluding diaryl/α,β-unsaturated/α-hetero) is 1. The van der Waals surface area contributed by atoms with Gasteiger partial charge in [-0.2, -0.15) is 0 Å². The van der Waals surface area contributed by atoms with Crippen LogP contribution in [0, 0.1) is 0 Å². The number of hydrogen-bond donors (Lipinski definition) is 2. The minimum atomic E-state index is -1.08. The Morgan fingerprint density at radius 1 is 1.62 bits per heavy atom. The van der Waals surface area contributed by atoms with Crippen molar-refractivity contribution in [1.82, 2.24) is 0 Å². The van der Waals surface area contributed by atoms with Crippen LogP contribution in [-0.2, 0) is 4.79 Å². The van der Waals surface area contributed by atoms with E-state index in [0.717, 1.165) is 0 Å². The van der Waals surface area contributed by atoms with E-state index in [1.54, 1.807) is 6.92 Å². The molecule has 0 amide bonds. The Balaban J connectivity index is 2.69. The van der Waals surface area contributed by atoms with E-state index in [1.165, 1.54) is 6.20 Å². The van der Waals surface area contributed by atoms with Crippen LogP contribution in [0.4, 0.5) is 0 Å². The normalized spacial score (nSPS) is 22.7. The lowest BCUT2D eigenvalue weighted by molar-refractivity contribution is -0.120. The van der Waals surface area contributed by atoms with Crippen molar-refractivity contribution in [2.45, 2.75) is 25.9 Å². The molecule has 1 aliphatic heterocycles. The van der Waals surface area contributed by atoms with Crippen LogP contribution in [0.25, 0.3) is 0 Å². The predicted octanol–water partition coefficient (Wildman–Crippen LogP) is 0.0473. The van der Waals surface area contributed by atoms with Gasteiger partial charge in [0.15, 0.2) is 11.9 Å². The number of hydrogen-bond acceptors (Lipinski definition) is 4. The Bertz CT molecular complexity index is 268. The molecule has 0 aliphatic carbocycles. The van der Waals surface area contributed by atoms with Gasteiger partial charge in [0.2, 0.25) is 0 Å². The topological polar surface area (TPSA) is 69.9 Å². The second-order valence-electron chi connectivity index (χ2n) is 3.02. The zero-order valence-electron chi connectivity index (χ0n) is 7.53. The molecule has 4 nitrogen and oxygen atoms in total. The van der Waals surface area contributed by atoms with Gasteiger partial charge in [-0.1, -0.05) is 0 Å². The summed E-state index contributed by atoms with van der Waals surface area (Å²) in [6, 6.07) is 0. The third-order valence-corrected chi connectivity index (χ3v) is 1.99. The number of ketones is 1. The molecule has 2 N–H and O–H groups in total. The highest BCUT2D eigenvalue weighted by Crippen LogP contribution is 2.14. The molecule has 0 saturated carbocycles. The van der Waals surface area contributed by atoms with E-state index in [1.807, 2.05) is 0 Å². The fourth-order valence-electron chi connectivity index (χ4n) is 1.14. The molecule has 0 aromatic rings. The molecule has 0 aromatic carbocycles. The van der Waals surface area contributed by atoms with E-state index in [2.05, 4.69) is 4.99 Å². The maximum atomic E-state index is 11.4. The van der Waals surface area contributed by atoms with Gasteiger partial charge >= 0.3 is 0 Å². The second-order valence-corrected chi connectivity index (χ2v) is 3.02. The number of carbonyl (C=O) groups excluding carboxylic acids is 1. The minimum Gasteiger partial charge on any atom is -0.396 e. The van der Waals surface area contributed by atoms with Gasteiger partial charge < -0.3 is 10.2 Å².